The molecule has 0 bridgehead atoms. The Hall–Kier alpha value is -4.34. The largest absolute Gasteiger partial charge is 0.463 e. The first-order valence-corrected chi connectivity index (χ1v) is 15.0. The summed E-state index contributed by atoms with van der Waals surface area (Å²) in [5.41, 5.74) is 8.04. The maximum atomic E-state index is 14.9. The zero-order valence-electron chi connectivity index (χ0n) is 24.7. The van der Waals surface area contributed by atoms with Crippen molar-refractivity contribution < 1.29 is 18.0 Å². The van der Waals surface area contributed by atoms with Gasteiger partial charge in [-0.2, -0.15) is 14.6 Å². The van der Waals surface area contributed by atoms with E-state index in [1.165, 1.54) is 15.5 Å². The predicted octanol–water partition coefficient (Wildman–Crippen LogP) is 2.68. The van der Waals surface area contributed by atoms with Gasteiger partial charge < -0.3 is 24.9 Å². The molecular weight excluding hydrogens is 592 g/mol. The normalized spacial score (nSPS) is 14.4. The Kier molecular flexibility index (Phi) is 8.09. The van der Waals surface area contributed by atoms with Crippen molar-refractivity contribution in [1.82, 2.24) is 33.9 Å². The molecule has 1 aliphatic rings. The number of carbonyl (C=O) groups is 1. The summed E-state index contributed by atoms with van der Waals surface area (Å²) in [4.78, 5) is 37.6. The van der Waals surface area contributed by atoms with Crippen molar-refractivity contribution in [2.24, 2.45) is 0 Å². The van der Waals surface area contributed by atoms with Crippen molar-refractivity contribution in [2.45, 2.75) is 6.54 Å². The minimum atomic E-state index is -0.875. The van der Waals surface area contributed by atoms with Gasteiger partial charge in [-0.1, -0.05) is 11.3 Å². The topological polar surface area (TPSA) is 121 Å². The first-order chi connectivity index (χ1) is 21.1. The maximum Gasteiger partial charge on any atom is 0.309 e. The fourth-order valence-corrected chi connectivity index (χ4v) is 6.30. The van der Waals surface area contributed by atoms with Gasteiger partial charge in [0.2, 0.25) is 5.95 Å². The van der Waals surface area contributed by atoms with Gasteiger partial charge in [-0.05, 0) is 38.4 Å². The van der Waals surface area contributed by atoms with Crippen molar-refractivity contribution in [3.05, 3.63) is 63.5 Å². The summed E-state index contributed by atoms with van der Waals surface area (Å²) >= 11 is 1.09. The summed E-state index contributed by atoms with van der Waals surface area (Å²) in [5.74, 6) is -1.32. The molecular formula is C29H33F2N9O3S. The van der Waals surface area contributed by atoms with E-state index in [4.69, 9.17) is 10.2 Å². The Bertz CT molecular complexity index is 1870. The number of thiazole rings is 1. The van der Waals surface area contributed by atoms with E-state index in [2.05, 4.69) is 15.0 Å². The first kappa shape index (κ1) is 29.7. The average Bonchev–Trinajstić information content (AvgIpc) is 3.74. The van der Waals surface area contributed by atoms with E-state index in [0.29, 0.717) is 79.7 Å². The van der Waals surface area contributed by atoms with Crippen LogP contribution in [0.4, 0.5) is 20.4 Å². The second-order valence-electron chi connectivity index (χ2n) is 11.1. The van der Waals surface area contributed by atoms with E-state index in [9.17, 15) is 18.4 Å². The van der Waals surface area contributed by atoms with Gasteiger partial charge in [0.15, 0.2) is 11.4 Å². The third kappa shape index (κ3) is 5.65. The number of halogens is 2. The van der Waals surface area contributed by atoms with E-state index >= 15 is 0 Å². The molecule has 0 unspecified atom stereocenters. The highest BCUT2D eigenvalue weighted by Crippen LogP contribution is 2.29. The Balaban J connectivity index is 1.14. The van der Waals surface area contributed by atoms with E-state index in [-0.39, 0.29) is 22.1 Å². The monoisotopic (exact) mass is 625 g/mol. The molecule has 4 aromatic heterocycles. The number of fused-ring (bicyclic) bond motifs is 3. The fraction of sp³-hybridized carbons (Fsp3) is 0.379. The lowest BCUT2D eigenvalue weighted by atomic mass is 10.1. The number of benzene rings is 1. The van der Waals surface area contributed by atoms with Gasteiger partial charge in [0, 0.05) is 65.5 Å². The molecule has 0 atom stereocenters. The molecule has 12 nitrogen and oxygen atoms in total. The Morgan fingerprint density at radius 2 is 1.84 bits per heavy atom. The van der Waals surface area contributed by atoms with Gasteiger partial charge in [-0.25, -0.2) is 8.78 Å². The lowest BCUT2D eigenvalue weighted by Crippen LogP contribution is -2.47. The molecule has 0 aliphatic carbocycles. The van der Waals surface area contributed by atoms with Gasteiger partial charge in [-0.15, -0.1) is 0 Å². The number of anilines is 2. The van der Waals surface area contributed by atoms with Gasteiger partial charge in [-0.3, -0.25) is 19.1 Å². The van der Waals surface area contributed by atoms with Crippen molar-refractivity contribution in [3.8, 4) is 11.5 Å². The second-order valence-corrected chi connectivity index (χ2v) is 12.1. The molecule has 0 saturated carbocycles. The number of likely N-dealkylation sites (N-methyl/N-ethyl adjacent to an activating group) is 2. The first-order valence-electron chi connectivity index (χ1n) is 14.2. The highest BCUT2D eigenvalue weighted by atomic mass is 32.1. The highest BCUT2D eigenvalue weighted by Gasteiger charge is 2.25. The number of furan rings is 1. The molecule has 232 valence electrons. The van der Waals surface area contributed by atoms with Crippen LogP contribution in [0.2, 0.25) is 0 Å². The minimum absolute atomic E-state index is 0.149. The molecule has 2 N–H and O–H groups in total. The number of rotatable bonds is 9. The maximum absolute atomic E-state index is 14.9. The fourth-order valence-electron chi connectivity index (χ4n) is 5.35. The molecule has 1 fully saturated rings. The number of nitrogen functional groups attached to an aromatic ring is 1. The number of hydrogen-bond donors (Lipinski definition) is 1. The van der Waals surface area contributed by atoms with Crippen molar-refractivity contribution in [3.63, 3.8) is 0 Å². The van der Waals surface area contributed by atoms with Gasteiger partial charge in [0.1, 0.15) is 22.0 Å². The van der Waals surface area contributed by atoms with E-state index in [1.54, 1.807) is 30.0 Å². The molecule has 1 saturated heterocycles. The summed E-state index contributed by atoms with van der Waals surface area (Å²) in [6, 6.07) is 7.50. The molecule has 0 radical (unpaired) electrons. The second kappa shape index (κ2) is 12.0. The number of carbonyl (C=O) groups excluding carboxylic acids is 1. The van der Waals surface area contributed by atoms with E-state index in [0.717, 1.165) is 17.4 Å². The van der Waals surface area contributed by atoms with Crippen LogP contribution < -0.4 is 15.5 Å². The van der Waals surface area contributed by atoms with Crippen LogP contribution in [0.15, 0.2) is 45.8 Å². The van der Waals surface area contributed by atoms with Gasteiger partial charge >= 0.3 is 4.87 Å². The highest BCUT2D eigenvalue weighted by molar-refractivity contribution is 7.17. The molecule has 44 heavy (non-hydrogen) atoms. The van der Waals surface area contributed by atoms with Crippen LogP contribution in [0, 0.1) is 11.6 Å². The standard InChI is InChI=1S/C29H33F2N9O3S/c1-35(2)6-7-36(3)27(41)18-15-22(20(31)16-19(18)30)38-11-8-37(9-12-38)10-13-39-26-25(44-29(39)42)23-17-21(24-5-4-14-43-24)34-40(23)28(32)33-26/h4-5,14-17H,6-13H2,1-3H3,(H2,32,33). The Morgan fingerprint density at radius 1 is 1.07 bits per heavy atom. The van der Waals surface area contributed by atoms with E-state index < -0.39 is 17.5 Å². The summed E-state index contributed by atoms with van der Waals surface area (Å²) in [6.45, 7) is 4.13. The number of hydrogen-bond acceptors (Lipinski definition) is 10. The van der Waals surface area contributed by atoms with Gasteiger partial charge in [0.25, 0.3) is 5.91 Å². The zero-order valence-corrected chi connectivity index (χ0v) is 25.5. The van der Waals surface area contributed by atoms with Gasteiger partial charge in [0.05, 0.1) is 23.0 Å². The summed E-state index contributed by atoms with van der Waals surface area (Å²) in [5, 5.41) is 4.49. The van der Waals surface area contributed by atoms with Crippen LogP contribution in [0.1, 0.15) is 10.4 Å². The average molecular weight is 626 g/mol. The Morgan fingerprint density at radius 3 is 2.55 bits per heavy atom. The van der Waals surface area contributed by atoms with Crippen molar-refractivity contribution in [1.29, 1.82) is 0 Å². The molecule has 5 heterocycles. The Labute approximate surface area is 255 Å². The summed E-state index contributed by atoms with van der Waals surface area (Å²) in [6.07, 6.45) is 1.56. The lowest BCUT2D eigenvalue weighted by molar-refractivity contribution is 0.0781. The SMILES string of the molecule is CN(C)CCN(C)C(=O)c1cc(N2CCN(CCn3c(=O)sc4c3nc(N)n3nc(-c5ccco5)cc43)CC2)c(F)cc1F. The van der Waals surface area contributed by atoms with Crippen LogP contribution in [-0.2, 0) is 6.54 Å². The molecule has 15 heteroatoms. The number of amides is 1. The van der Waals surface area contributed by atoms with Crippen LogP contribution in [-0.4, -0.2) is 107 Å². The van der Waals surface area contributed by atoms with E-state index in [1.807, 2.05) is 30.0 Å². The third-order valence-corrected chi connectivity index (χ3v) is 8.86. The van der Waals surface area contributed by atoms with Crippen LogP contribution in [0.3, 0.4) is 0 Å². The number of nitrogens with zero attached hydrogens (tertiary/aromatic N) is 8. The lowest BCUT2D eigenvalue weighted by Gasteiger charge is -2.36. The number of nitrogens with two attached hydrogens (primary N) is 1. The third-order valence-electron chi connectivity index (χ3n) is 7.87. The molecule has 5 aromatic rings. The quantitative estimate of drug-likeness (QED) is 0.264. The van der Waals surface area contributed by atoms with Crippen LogP contribution in [0.5, 0.6) is 0 Å². The van der Waals surface area contributed by atoms with Crippen molar-refractivity contribution >= 4 is 44.7 Å². The molecule has 6 rings (SSSR count). The number of piperazine rings is 1. The molecule has 1 aliphatic heterocycles. The minimum Gasteiger partial charge on any atom is -0.463 e. The summed E-state index contributed by atoms with van der Waals surface area (Å²) in [7, 11) is 5.38. The van der Waals surface area contributed by atoms with Crippen LogP contribution in [0.25, 0.3) is 27.3 Å². The molecule has 0 spiro atoms. The number of aromatic nitrogens is 4. The van der Waals surface area contributed by atoms with Crippen molar-refractivity contribution in [2.75, 3.05) is 77.6 Å². The summed E-state index contributed by atoms with van der Waals surface area (Å²) < 4.78 is 38.8. The molecule has 1 aromatic carbocycles. The zero-order chi connectivity index (χ0) is 31.1. The van der Waals surface area contributed by atoms with Crippen LogP contribution >= 0.6 is 11.3 Å². The smallest absolute Gasteiger partial charge is 0.309 e. The predicted molar refractivity (Wildman–Crippen MR) is 165 cm³/mol. The molecule has 1 amide bonds.